The second-order valence-corrected chi connectivity index (χ2v) is 6.92. The number of alkyl halides is 3. The minimum Gasteiger partial charge on any atom is -0.493 e. The molecule has 0 unspecified atom stereocenters. The summed E-state index contributed by atoms with van der Waals surface area (Å²) in [6, 6.07) is 6.18. The molecule has 160 valence electrons. The van der Waals surface area contributed by atoms with Crippen LogP contribution in [0.4, 0.5) is 13.2 Å². The molecule has 0 spiro atoms. The van der Waals surface area contributed by atoms with Gasteiger partial charge in [0.15, 0.2) is 17.1 Å². The first-order valence-corrected chi connectivity index (χ1v) is 9.28. The maximum Gasteiger partial charge on any atom is 0.417 e. The highest BCUT2D eigenvalue weighted by molar-refractivity contribution is 6.33. The SMILES string of the molecule is COc1ccc(CCNC(=O)c2c(C)nc3c(Cl)cc(C(F)(F)F)cn23)cc1OC. The zero-order valence-electron chi connectivity index (χ0n) is 16.4. The Kier molecular flexibility index (Phi) is 6.12. The third kappa shape index (κ3) is 4.30. The first-order valence-electron chi connectivity index (χ1n) is 8.90. The van der Waals surface area contributed by atoms with Crippen LogP contribution in [0.2, 0.25) is 5.02 Å². The normalized spacial score (nSPS) is 11.6. The topological polar surface area (TPSA) is 64.9 Å². The first-order chi connectivity index (χ1) is 14.2. The number of nitrogens with one attached hydrogen (secondary N) is 1. The molecule has 30 heavy (non-hydrogen) atoms. The van der Waals surface area contributed by atoms with Crippen LogP contribution >= 0.6 is 11.6 Å². The fourth-order valence-electron chi connectivity index (χ4n) is 3.09. The molecule has 2 aromatic heterocycles. The third-order valence-electron chi connectivity index (χ3n) is 4.54. The Balaban J connectivity index is 1.80. The molecule has 1 amide bonds. The molecule has 3 aromatic rings. The molecule has 0 bridgehead atoms. The van der Waals surface area contributed by atoms with Crippen molar-refractivity contribution in [3.63, 3.8) is 0 Å². The number of rotatable bonds is 6. The smallest absolute Gasteiger partial charge is 0.417 e. The van der Waals surface area contributed by atoms with Gasteiger partial charge in [-0.15, -0.1) is 0 Å². The van der Waals surface area contributed by atoms with Crippen molar-refractivity contribution in [2.45, 2.75) is 19.5 Å². The van der Waals surface area contributed by atoms with Gasteiger partial charge in [-0.05, 0) is 37.1 Å². The van der Waals surface area contributed by atoms with Crippen molar-refractivity contribution in [3.05, 3.63) is 58.0 Å². The van der Waals surface area contributed by atoms with Gasteiger partial charge in [0.05, 0.1) is 30.5 Å². The lowest BCUT2D eigenvalue weighted by Crippen LogP contribution is -2.27. The molecule has 6 nitrogen and oxygen atoms in total. The van der Waals surface area contributed by atoms with E-state index in [1.807, 2.05) is 6.07 Å². The molecule has 0 aliphatic rings. The van der Waals surface area contributed by atoms with Crippen LogP contribution < -0.4 is 14.8 Å². The largest absolute Gasteiger partial charge is 0.493 e. The van der Waals surface area contributed by atoms with Crippen molar-refractivity contribution in [2.24, 2.45) is 0 Å². The maximum absolute atomic E-state index is 13.1. The number of amides is 1. The van der Waals surface area contributed by atoms with Gasteiger partial charge in [-0.25, -0.2) is 4.98 Å². The van der Waals surface area contributed by atoms with Gasteiger partial charge in [0, 0.05) is 12.7 Å². The second-order valence-electron chi connectivity index (χ2n) is 6.51. The molecule has 1 N–H and O–H groups in total. The predicted octanol–water partition coefficient (Wildman–Crippen LogP) is 4.30. The number of benzene rings is 1. The average molecular weight is 442 g/mol. The number of ether oxygens (including phenoxy) is 2. The summed E-state index contributed by atoms with van der Waals surface area (Å²) in [5.74, 6) is 0.605. The van der Waals surface area contributed by atoms with Gasteiger partial charge < -0.3 is 14.8 Å². The van der Waals surface area contributed by atoms with Gasteiger partial charge >= 0.3 is 6.18 Å². The van der Waals surface area contributed by atoms with Crippen molar-refractivity contribution in [3.8, 4) is 11.5 Å². The molecule has 0 radical (unpaired) electrons. The number of fused-ring (bicyclic) bond motifs is 1. The summed E-state index contributed by atoms with van der Waals surface area (Å²) in [6.45, 7) is 1.80. The van der Waals surface area contributed by atoms with Gasteiger partial charge in [0.25, 0.3) is 5.91 Å². The van der Waals surface area contributed by atoms with E-state index in [2.05, 4.69) is 10.3 Å². The van der Waals surface area contributed by atoms with Crippen molar-refractivity contribution < 1.29 is 27.4 Å². The van der Waals surface area contributed by atoms with Crippen molar-refractivity contribution >= 4 is 23.2 Å². The van der Waals surface area contributed by atoms with Crippen LogP contribution in [-0.4, -0.2) is 36.1 Å². The zero-order chi connectivity index (χ0) is 22.1. The fourth-order valence-corrected chi connectivity index (χ4v) is 3.34. The summed E-state index contributed by atoms with van der Waals surface area (Å²) in [5.41, 5.74) is 0.305. The Labute approximate surface area is 175 Å². The molecule has 3 rings (SSSR count). The van der Waals surface area contributed by atoms with Gasteiger partial charge in [0.1, 0.15) is 5.69 Å². The summed E-state index contributed by atoms with van der Waals surface area (Å²) in [7, 11) is 3.06. The van der Waals surface area contributed by atoms with Crippen molar-refractivity contribution in [1.82, 2.24) is 14.7 Å². The Hall–Kier alpha value is -2.94. The van der Waals surface area contributed by atoms with E-state index in [0.717, 1.165) is 22.2 Å². The Bertz CT molecular complexity index is 1100. The number of halogens is 4. The number of methoxy groups -OCH3 is 2. The van der Waals surface area contributed by atoms with Gasteiger partial charge in [0.2, 0.25) is 0 Å². The molecule has 0 fully saturated rings. The summed E-state index contributed by atoms with van der Waals surface area (Å²) in [5, 5.41) is 2.53. The van der Waals surface area contributed by atoms with E-state index in [1.54, 1.807) is 19.1 Å². The third-order valence-corrected chi connectivity index (χ3v) is 4.82. The molecule has 1 aromatic carbocycles. The lowest BCUT2D eigenvalue weighted by Gasteiger charge is -2.11. The van der Waals surface area contributed by atoms with Crippen LogP contribution in [0.5, 0.6) is 11.5 Å². The van der Waals surface area contributed by atoms with E-state index in [0.29, 0.717) is 17.9 Å². The number of carbonyl (C=O) groups is 1. The number of hydrogen-bond donors (Lipinski definition) is 1. The van der Waals surface area contributed by atoms with E-state index < -0.39 is 17.6 Å². The molecular formula is C20H19ClF3N3O3. The van der Waals surface area contributed by atoms with Gasteiger partial charge in [-0.2, -0.15) is 13.2 Å². The summed E-state index contributed by atoms with van der Waals surface area (Å²) < 4.78 is 50.9. The van der Waals surface area contributed by atoms with Crippen LogP contribution in [0.25, 0.3) is 5.65 Å². The zero-order valence-corrected chi connectivity index (χ0v) is 17.2. The first kappa shape index (κ1) is 21.8. The highest BCUT2D eigenvalue weighted by atomic mass is 35.5. The molecule has 2 heterocycles. The van der Waals surface area contributed by atoms with E-state index in [9.17, 15) is 18.0 Å². The predicted molar refractivity (Wildman–Crippen MR) is 106 cm³/mol. The van der Waals surface area contributed by atoms with Gasteiger partial charge in [-0.1, -0.05) is 17.7 Å². The van der Waals surface area contributed by atoms with Crippen LogP contribution in [-0.2, 0) is 12.6 Å². The second kappa shape index (κ2) is 8.43. The number of carbonyl (C=O) groups excluding carboxylic acids is 1. The maximum atomic E-state index is 13.1. The van der Waals surface area contributed by atoms with E-state index in [1.165, 1.54) is 14.2 Å². The van der Waals surface area contributed by atoms with Crippen LogP contribution in [0, 0.1) is 6.92 Å². The molecular weight excluding hydrogens is 423 g/mol. The van der Waals surface area contributed by atoms with Crippen molar-refractivity contribution in [2.75, 3.05) is 20.8 Å². The lowest BCUT2D eigenvalue weighted by atomic mass is 10.1. The summed E-state index contributed by atoms with van der Waals surface area (Å²) in [4.78, 5) is 16.8. The van der Waals surface area contributed by atoms with Crippen molar-refractivity contribution in [1.29, 1.82) is 0 Å². The minimum absolute atomic E-state index is 0.00492. The average Bonchev–Trinajstić information content (AvgIpc) is 3.03. The van der Waals surface area contributed by atoms with E-state index in [-0.39, 0.29) is 28.6 Å². The summed E-state index contributed by atoms with van der Waals surface area (Å²) >= 11 is 5.96. The highest BCUT2D eigenvalue weighted by Crippen LogP contribution is 2.33. The molecule has 0 saturated heterocycles. The Morgan fingerprint density at radius 1 is 1.20 bits per heavy atom. The van der Waals surface area contributed by atoms with E-state index >= 15 is 0 Å². The molecule has 0 aliphatic carbocycles. The number of hydrogen-bond acceptors (Lipinski definition) is 4. The molecule has 0 saturated carbocycles. The van der Waals surface area contributed by atoms with Crippen LogP contribution in [0.1, 0.15) is 27.3 Å². The monoisotopic (exact) mass is 441 g/mol. The number of aryl methyl sites for hydroxylation is 1. The summed E-state index contributed by atoms with van der Waals surface area (Å²) in [6.07, 6.45) is -3.29. The quantitative estimate of drug-likeness (QED) is 0.619. The van der Waals surface area contributed by atoms with Gasteiger partial charge in [-0.3, -0.25) is 9.20 Å². The molecule has 10 heteroatoms. The Morgan fingerprint density at radius 3 is 2.53 bits per heavy atom. The van der Waals surface area contributed by atoms with Crippen LogP contribution in [0.3, 0.4) is 0 Å². The number of imidazole rings is 1. The number of pyridine rings is 1. The standard InChI is InChI=1S/C20H19ClF3N3O3/c1-11-17(27-10-13(20(22,23)24)9-14(21)18(27)26-11)19(28)25-7-6-12-4-5-15(29-2)16(8-12)30-3/h4-5,8-10H,6-7H2,1-3H3,(H,25,28). The minimum atomic E-state index is -4.60. The van der Waals surface area contributed by atoms with Crippen LogP contribution in [0.15, 0.2) is 30.5 Å². The number of nitrogens with zero attached hydrogens (tertiary/aromatic N) is 2. The Morgan fingerprint density at radius 2 is 1.90 bits per heavy atom. The molecule has 0 atom stereocenters. The lowest BCUT2D eigenvalue weighted by molar-refractivity contribution is -0.137. The number of aromatic nitrogens is 2. The molecule has 0 aliphatic heterocycles. The fraction of sp³-hybridized carbons (Fsp3) is 0.300. The van der Waals surface area contributed by atoms with E-state index in [4.69, 9.17) is 21.1 Å². The highest BCUT2D eigenvalue weighted by Gasteiger charge is 2.32.